The fourth-order valence-electron chi connectivity index (χ4n) is 1.71. The van der Waals surface area contributed by atoms with Gasteiger partial charge in [-0.3, -0.25) is 0 Å². The lowest BCUT2D eigenvalue weighted by atomic mass is 10.1. The summed E-state index contributed by atoms with van der Waals surface area (Å²) < 4.78 is 38.0. The molecule has 0 saturated heterocycles. The summed E-state index contributed by atoms with van der Waals surface area (Å²) in [4.78, 5) is 14.8. The van der Waals surface area contributed by atoms with Gasteiger partial charge in [0.2, 0.25) is 0 Å². The Bertz CT molecular complexity index is 740. The summed E-state index contributed by atoms with van der Waals surface area (Å²) in [5.74, 6) is -1.38. The van der Waals surface area contributed by atoms with Gasteiger partial charge < -0.3 is 5.11 Å². The molecule has 3 nitrogen and oxygen atoms in total. The average molecular weight is 371 g/mol. The monoisotopic (exact) mass is 369 g/mol. The standard InChI is InChI=1S/C13H5Cl3F3NO2/c14-6-1-2-9(20-11(6)12(21)22)10-7(15)3-5(4-8(10)16)13(17,18)19/h1-4H,(H,21,22). The number of rotatable bonds is 2. The number of hydrogen-bond donors (Lipinski definition) is 1. The van der Waals surface area contributed by atoms with Gasteiger partial charge >= 0.3 is 12.1 Å². The molecule has 0 aliphatic rings. The summed E-state index contributed by atoms with van der Waals surface area (Å²) in [6.07, 6.45) is -4.61. The molecule has 9 heteroatoms. The number of nitrogens with zero attached hydrogens (tertiary/aromatic N) is 1. The summed E-state index contributed by atoms with van der Waals surface area (Å²) in [7, 11) is 0. The van der Waals surface area contributed by atoms with Crippen LogP contribution < -0.4 is 0 Å². The number of pyridine rings is 1. The Hall–Kier alpha value is -1.50. The Morgan fingerprint density at radius 1 is 1.05 bits per heavy atom. The van der Waals surface area contributed by atoms with Crippen LogP contribution in [0.2, 0.25) is 15.1 Å². The third kappa shape index (κ3) is 3.29. The Morgan fingerprint density at radius 3 is 2.05 bits per heavy atom. The van der Waals surface area contributed by atoms with Crippen molar-refractivity contribution in [2.24, 2.45) is 0 Å². The predicted molar refractivity (Wildman–Crippen MR) is 76.7 cm³/mol. The molecule has 0 unspecified atom stereocenters. The minimum atomic E-state index is -4.61. The Kier molecular flexibility index (Phi) is 4.56. The summed E-state index contributed by atoms with van der Waals surface area (Å²) in [6, 6.07) is 3.95. The molecule has 2 rings (SSSR count). The first kappa shape index (κ1) is 16.9. The van der Waals surface area contributed by atoms with E-state index in [1.165, 1.54) is 12.1 Å². The second-order valence-corrected chi connectivity index (χ2v) is 5.37. The number of carboxylic acid groups (broad SMARTS) is 1. The number of aromatic nitrogens is 1. The molecule has 0 aliphatic heterocycles. The first-order valence-electron chi connectivity index (χ1n) is 5.57. The van der Waals surface area contributed by atoms with Crippen LogP contribution in [0.1, 0.15) is 16.1 Å². The van der Waals surface area contributed by atoms with Gasteiger partial charge in [-0.1, -0.05) is 34.8 Å². The van der Waals surface area contributed by atoms with E-state index in [1.54, 1.807) is 0 Å². The van der Waals surface area contributed by atoms with E-state index in [1.807, 2.05) is 0 Å². The summed E-state index contributed by atoms with van der Waals surface area (Å²) in [5, 5.41) is 8.25. The van der Waals surface area contributed by atoms with Crippen LogP contribution in [0.5, 0.6) is 0 Å². The molecule has 1 heterocycles. The highest BCUT2D eigenvalue weighted by Crippen LogP contribution is 2.40. The van der Waals surface area contributed by atoms with Crippen LogP contribution in [-0.4, -0.2) is 16.1 Å². The van der Waals surface area contributed by atoms with E-state index in [9.17, 15) is 18.0 Å². The van der Waals surface area contributed by atoms with Crippen molar-refractivity contribution in [3.8, 4) is 11.3 Å². The second-order valence-electron chi connectivity index (χ2n) is 4.14. The molecule has 22 heavy (non-hydrogen) atoms. The van der Waals surface area contributed by atoms with Gasteiger partial charge in [-0.2, -0.15) is 13.2 Å². The molecule has 0 fully saturated rings. The maximum absolute atomic E-state index is 12.7. The predicted octanol–water partition coefficient (Wildman–Crippen LogP) is 5.43. The van der Waals surface area contributed by atoms with Crippen molar-refractivity contribution in [3.63, 3.8) is 0 Å². The largest absolute Gasteiger partial charge is 0.476 e. The summed E-state index contributed by atoms with van der Waals surface area (Å²) in [6.45, 7) is 0. The number of halogens is 6. The van der Waals surface area contributed by atoms with E-state index in [2.05, 4.69) is 4.98 Å². The van der Waals surface area contributed by atoms with Crippen LogP contribution in [-0.2, 0) is 6.18 Å². The molecular weight excluding hydrogens is 366 g/mol. The van der Waals surface area contributed by atoms with Gasteiger partial charge in [0.25, 0.3) is 0 Å². The smallest absolute Gasteiger partial charge is 0.416 e. The van der Waals surface area contributed by atoms with Gasteiger partial charge in [-0.25, -0.2) is 9.78 Å². The van der Waals surface area contributed by atoms with Crippen LogP contribution >= 0.6 is 34.8 Å². The maximum Gasteiger partial charge on any atom is 0.416 e. The fourth-order valence-corrected chi connectivity index (χ4v) is 2.58. The zero-order valence-corrected chi connectivity index (χ0v) is 12.6. The van der Waals surface area contributed by atoms with E-state index in [0.29, 0.717) is 12.1 Å². The van der Waals surface area contributed by atoms with E-state index in [4.69, 9.17) is 39.9 Å². The minimum Gasteiger partial charge on any atom is -0.476 e. The van der Waals surface area contributed by atoms with Crippen molar-refractivity contribution in [2.45, 2.75) is 6.18 Å². The number of aromatic carboxylic acids is 1. The second kappa shape index (κ2) is 5.95. The number of alkyl halides is 3. The maximum atomic E-state index is 12.7. The molecule has 0 aliphatic carbocycles. The molecule has 0 spiro atoms. The van der Waals surface area contributed by atoms with E-state index >= 15 is 0 Å². The first-order valence-corrected chi connectivity index (χ1v) is 6.71. The normalized spacial score (nSPS) is 11.5. The Labute approximate surface area is 137 Å². The summed E-state index contributed by atoms with van der Waals surface area (Å²) >= 11 is 17.4. The number of carboxylic acids is 1. The average Bonchev–Trinajstić information content (AvgIpc) is 2.38. The van der Waals surface area contributed by atoms with Crippen LogP contribution in [0.3, 0.4) is 0 Å². The topological polar surface area (TPSA) is 50.2 Å². The minimum absolute atomic E-state index is 0.00417. The molecule has 1 aromatic carbocycles. The third-order valence-corrected chi connectivity index (χ3v) is 3.58. The van der Waals surface area contributed by atoms with E-state index in [0.717, 1.165) is 0 Å². The first-order chi connectivity index (χ1) is 10.1. The number of benzene rings is 1. The highest BCUT2D eigenvalue weighted by Gasteiger charge is 2.32. The lowest BCUT2D eigenvalue weighted by molar-refractivity contribution is -0.137. The highest BCUT2D eigenvalue weighted by atomic mass is 35.5. The van der Waals surface area contributed by atoms with E-state index in [-0.39, 0.29) is 26.3 Å². The molecule has 0 amide bonds. The van der Waals surface area contributed by atoms with Crippen molar-refractivity contribution in [2.75, 3.05) is 0 Å². The number of carbonyl (C=O) groups is 1. The zero-order chi connectivity index (χ0) is 16.7. The quantitative estimate of drug-likeness (QED) is 0.767. The SMILES string of the molecule is O=C(O)c1nc(-c2c(Cl)cc(C(F)(F)F)cc2Cl)ccc1Cl. The molecule has 1 aromatic heterocycles. The zero-order valence-electron chi connectivity index (χ0n) is 10.4. The van der Waals surface area contributed by atoms with Crippen molar-refractivity contribution in [1.29, 1.82) is 0 Å². The van der Waals surface area contributed by atoms with Gasteiger partial charge in [0, 0.05) is 5.56 Å². The van der Waals surface area contributed by atoms with Crippen LogP contribution in [0.4, 0.5) is 13.2 Å². The molecule has 0 saturated carbocycles. The van der Waals surface area contributed by atoms with Gasteiger partial charge in [-0.15, -0.1) is 0 Å². The third-order valence-electron chi connectivity index (χ3n) is 2.67. The highest BCUT2D eigenvalue weighted by molar-refractivity contribution is 6.39. The van der Waals surface area contributed by atoms with Crippen molar-refractivity contribution >= 4 is 40.8 Å². The molecule has 1 N–H and O–H groups in total. The van der Waals surface area contributed by atoms with E-state index < -0.39 is 23.4 Å². The summed E-state index contributed by atoms with van der Waals surface area (Å²) in [5.41, 5.74) is -1.47. The Morgan fingerprint density at radius 2 is 1.59 bits per heavy atom. The molecule has 116 valence electrons. The van der Waals surface area contributed by atoms with Crippen molar-refractivity contribution in [1.82, 2.24) is 4.98 Å². The lowest BCUT2D eigenvalue weighted by Gasteiger charge is -2.12. The van der Waals surface area contributed by atoms with Crippen LogP contribution in [0.15, 0.2) is 24.3 Å². The fraction of sp³-hybridized carbons (Fsp3) is 0.0769. The van der Waals surface area contributed by atoms with Crippen molar-refractivity contribution in [3.05, 3.63) is 50.6 Å². The van der Waals surface area contributed by atoms with Crippen LogP contribution in [0.25, 0.3) is 11.3 Å². The lowest BCUT2D eigenvalue weighted by Crippen LogP contribution is -2.06. The molecule has 0 atom stereocenters. The van der Waals surface area contributed by atoms with Gasteiger partial charge in [0.15, 0.2) is 5.69 Å². The van der Waals surface area contributed by atoms with Gasteiger partial charge in [-0.05, 0) is 24.3 Å². The van der Waals surface area contributed by atoms with Gasteiger partial charge in [0.05, 0.1) is 26.3 Å². The molecule has 2 aromatic rings. The molecular formula is C13H5Cl3F3NO2. The molecule has 0 radical (unpaired) electrons. The van der Waals surface area contributed by atoms with Gasteiger partial charge in [0.1, 0.15) is 0 Å². The van der Waals surface area contributed by atoms with Crippen LogP contribution in [0, 0.1) is 0 Å². The Balaban J connectivity index is 2.64. The molecule has 0 bridgehead atoms. The van der Waals surface area contributed by atoms with Crippen molar-refractivity contribution < 1.29 is 23.1 Å². The number of hydrogen-bond acceptors (Lipinski definition) is 2.